The molecule has 0 saturated heterocycles. The van der Waals surface area contributed by atoms with E-state index in [1.165, 1.54) is 199 Å². The van der Waals surface area contributed by atoms with E-state index in [4.69, 9.17) is 0 Å². The van der Waals surface area contributed by atoms with Gasteiger partial charge in [-0.3, -0.25) is 4.79 Å². The number of nitrogens with one attached hydrogen (secondary N) is 1. The summed E-state index contributed by atoms with van der Waals surface area (Å²) in [6.45, 7) is 4.21. The normalized spacial score (nSPS) is 13.5. The van der Waals surface area contributed by atoms with Crippen LogP contribution in [0.1, 0.15) is 290 Å². The predicted molar refractivity (Wildman–Crippen MR) is 308 cm³/mol. The van der Waals surface area contributed by atoms with E-state index in [0.717, 1.165) is 70.6 Å². The second kappa shape index (κ2) is 59.6. The third kappa shape index (κ3) is 56.1. The molecule has 0 fully saturated rings. The molecule has 0 rings (SSSR count). The Morgan fingerprint density at radius 3 is 0.957 bits per heavy atom. The maximum Gasteiger partial charge on any atom is 0.220 e. The maximum atomic E-state index is 12.5. The Labute approximate surface area is 430 Å². The number of amides is 1. The van der Waals surface area contributed by atoms with Crippen molar-refractivity contribution in [3.8, 4) is 0 Å². The van der Waals surface area contributed by atoms with Crippen LogP contribution in [0.15, 0.2) is 97.2 Å². The van der Waals surface area contributed by atoms with Crippen molar-refractivity contribution in [3.05, 3.63) is 97.2 Å². The lowest BCUT2D eigenvalue weighted by Crippen LogP contribution is -2.45. The first kappa shape index (κ1) is 66.3. The lowest BCUT2D eigenvalue weighted by molar-refractivity contribution is -0.123. The fraction of sp³-hybridized carbons (Fsp3) is 0.738. The van der Waals surface area contributed by atoms with Crippen LogP contribution in [-0.4, -0.2) is 34.9 Å². The van der Waals surface area contributed by atoms with E-state index in [-0.39, 0.29) is 12.5 Å². The number of hydrogen-bond donors (Lipinski definition) is 3. The van der Waals surface area contributed by atoms with Crippen molar-refractivity contribution in [1.29, 1.82) is 0 Å². The maximum absolute atomic E-state index is 12.5. The van der Waals surface area contributed by atoms with Gasteiger partial charge in [-0.1, -0.05) is 304 Å². The number of carbonyl (C=O) groups is 1. The summed E-state index contributed by atoms with van der Waals surface area (Å²) in [5.41, 5.74) is 0. The smallest absolute Gasteiger partial charge is 0.220 e. The first-order chi connectivity index (χ1) is 34.2. The van der Waals surface area contributed by atoms with Gasteiger partial charge in [0.1, 0.15) is 0 Å². The van der Waals surface area contributed by atoms with Gasteiger partial charge in [0, 0.05) is 6.42 Å². The molecule has 0 aromatic carbocycles. The lowest BCUT2D eigenvalue weighted by Gasteiger charge is -2.20. The van der Waals surface area contributed by atoms with Crippen LogP contribution in [0.4, 0.5) is 0 Å². The van der Waals surface area contributed by atoms with Crippen LogP contribution < -0.4 is 5.32 Å². The van der Waals surface area contributed by atoms with Crippen molar-refractivity contribution in [2.75, 3.05) is 6.61 Å². The van der Waals surface area contributed by atoms with Crippen molar-refractivity contribution in [1.82, 2.24) is 5.32 Å². The van der Waals surface area contributed by atoms with Crippen LogP contribution in [0.2, 0.25) is 0 Å². The summed E-state index contributed by atoms with van der Waals surface area (Å²) < 4.78 is 0. The van der Waals surface area contributed by atoms with Gasteiger partial charge in [0.05, 0.1) is 18.8 Å². The van der Waals surface area contributed by atoms with Crippen LogP contribution in [0.3, 0.4) is 0 Å². The first-order valence-corrected chi connectivity index (χ1v) is 30.0. The molecule has 0 aromatic heterocycles. The molecule has 0 bridgehead atoms. The summed E-state index contributed by atoms with van der Waals surface area (Å²) >= 11 is 0. The highest BCUT2D eigenvalue weighted by Crippen LogP contribution is 2.17. The monoisotopic (exact) mass is 958 g/mol. The van der Waals surface area contributed by atoms with Gasteiger partial charge in [-0.25, -0.2) is 0 Å². The Balaban J connectivity index is 3.50. The van der Waals surface area contributed by atoms with Gasteiger partial charge in [0.2, 0.25) is 5.91 Å². The number of rotatable bonds is 54. The van der Waals surface area contributed by atoms with E-state index in [1.54, 1.807) is 6.08 Å². The molecule has 0 saturated carbocycles. The summed E-state index contributed by atoms with van der Waals surface area (Å²) in [7, 11) is 0. The molecule has 0 spiro atoms. The number of carbonyl (C=O) groups excluding carboxylic acids is 1. The second-order valence-corrected chi connectivity index (χ2v) is 20.0. The minimum Gasteiger partial charge on any atom is -0.394 e. The van der Waals surface area contributed by atoms with E-state index < -0.39 is 12.1 Å². The second-order valence-electron chi connectivity index (χ2n) is 20.0. The molecule has 0 aliphatic rings. The van der Waals surface area contributed by atoms with Crippen molar-refractivity contribution in [2.45, 2.75) is 302 Å². The highest BCUT2D eigenvalue weighted by Gasteiger charge is 2.18. The Bertz CT molecular complexity index is 1270. The molecule has 69 heavy (non-hydrogen) atoms. The van der Waals surface area contributed by atoms with Crippen LogP contribution in [-0.2, 0) is 4.79 Å². The standard InChI is InChI=1S/C65H115NO3/c1-3-5-7-9-11-13-15-17-19-21-23-24-25-26-27-28-29-30-31-32-33-34-35-36-37-38-39-40-41-42-43-45-47-49-51-53-55-57-59-61-65(69)66-63(62-67)64(68)60-58-56-54-52-50-48-46-44-22-20-18-16-14-12-10-8-6-4-2/h5,7,11,13,17,19,23-24,26-27,29-30,32-33,58,60,63-64,67-68H,3-4,6,8-10,12,14-16,18,20-22,25,28,31,34-57,59,61-62H2,1-2H3,(H,66,69)/b7-5-,13-11-,19-17-,24-23-,27-26-,30-29-,33-32-,60-58+. The highest BCUT2D eigenvalue weighted by molar-refractivity contribution is 5.76. The minimum absolute atomic E-state index is 0.0633. The van der Waals surface area contributed by atoms with Crippen molar-refractivity contribution in [2.24, 2.45) is 0 Å². The molecule has 2 atom stereocenters. The molecular formula is C65H115NO3. The Morgan fingerprint density at radius 2 is 0.638 bits per heavy atom. The topological polar surface area (TPSA) is 69.6 Å². The molecule has 0 aliphatic heterocycles. The zero-order valence-electron chi connectivity index (χ0n) is 45.8. The first-order valence-electron chi connectivity index (χ1n) is 30.0. The van der Waals surface area contributed by atoms with E-state index in [1.807, 2.05) is 6.08 Å². The largest absolute Gasteiger partial charge is 0.394 e. The van der Waals surface area contributed by atoms with Crippen LogP contribution >= 0.6 is 0 Å². The molecule has 3 N–H and O–H groups in total. The molecule has 1 amide bonds. The fourth-order valence-corrected chi connectivity index (χ4v) is 8.81. The number of aliphatic hydroxyl groups is 2. The van der Waals surface area contributed by atoms with Crippen molar-refractivity contribution >= 4 is 5.91 Å². The Hall–Kier alpha value is -2.69. The van der Waals surface area contributed by atoms with Crippen molar-refractivity contribution < 1.29 is 15.0 Å². The summed E-state index contributed by atoms with van der Waals surface area (Å²) in [4.78, 5) is 12.5. The molecule has 4 heteroatoms. The van der Waals surface area contributed by atoms with Gasteiger partial charge in [0.25, 0.3) is 0 Å². The SMILES string of the molecule is CC/C=C\C/C=C\C/C=C\C/C=C\C/C=C\C/C=C\C/C=C\CCCCCCCCCCCCCCCCCCCC(=O)NC(CO)C(O)/C=C/CCCCCCCCCCCCCCCCCC. The average Bonchev–Trinajstić information content (AvgIpc) is 3.35. The third-order valence-electron chi connectivity index (χ3n) is 13.3. The fourth-order valence-electron chi connectivity index (χ4n) is 8.81. The summed E-state index contributed by atoms with van der Waals surface area (Å²) in [6.07, 6.45) is 88.7. The van der Waals surface area contributed by atoms with Gasteiger partial charge in [-0.05, 0) is 77.0 Å². The zero-order valence-corrected chi connectivity index (χ0v) is 45.8. The highest BCUT2D eigenvalue weighted by atomic mass is 16.3. The van der Waals surface area contributed by atoms with E-state index in [2.05, 4.69) is 104 Å². The van der Waals surface area contributed by atoms with Gasteiger partial charge < -0.3 is 15.5 Å². The van der Waals surface area contributed by atoms with Crippen LogP contribution in [0.5, 0.6) is 0 Å². The molecule has 398 valence electrons. The minimum atomic E-state index is -0.842. The number of allylic oxidation sites excluding steroid dienone is 15. The summed E-state index contributed by atoms with van der Waals surface area (Å²) in [5.74, 6) is -0.0633. The van der Waals surface area contributed by atoms with Gasteiger partial charge in [-0.2, -0.15) is 0 Å². The molecule has 0 aliphatic carbocycles. The molecule has 2 unspecified atom stereocenters. The van der Waals surface area contributed by atoms with Crippen LogP contribution in [0, 0.1) is 0 Å². The van der Waals surface area contributed by atoms with Gasteiger partial charge in [-0.15, -0.1) is 0 Å². The van der Waals surface area contributed by atoms with Crippen molar-refractivity contribution in [3.63, 3.8) is 0 Å². The van der Waals surface area contributed by atoms with E-state index in [9.17, 15) is 15.0 Å². The molecule has 4 nitrogen and oxygen atoms in total. The zero-order chi connectivity index (χ0) is 49.9. The third-order valence-corrected chi connectivity index (χ3v) is 13.3. The quantitative estimate of drug-likeness (QED) is 0.0420. The van der Waals surface area contributed by atoms with E-state index >= 15 is 0 Å². The lowest BCUT2D eigenvalue weighted by atomic mass is 10.0. The molecule has 0 radical (unpaired) electrons. The summed E-state index contributed by atoms with van der Waals surface area (Å²) in [5, 5.41) is 23.2. The number of aliphatic hydroxyl groups excluding tert-OH is 2. The predicted octanol–water partition coefficient (Wildman–Crippen LogP) is 20.1. The van der Waals surface area contributed by atoms with Crippen LogP contribution in [0.25, 0.3) is 0 Å². The van der Waals surface area contributed by atoms with E-state index in [0.29, 0.717) is 6.42 Å². The molecular weight excluding hydrogens is 843 g/mol. The number of hydrogen-bond acceptors (Lipinski definition) is 3. The number of unbranched alkanes of at least 4 members (excludes halogenated alkanes) is 33. The molecule has 0 aromatic rings. The average molecular weight is 959 g/mol. The molecule has 0 heterocycles. The Kier molecular flexibility index (Phi) is 57.3. The Morgan fingerprint density at radius 1 is 0.362 bits per heavy atom. The van der Waals surface area contributed by atoms with Gasteiger partial charge >= 0.3 is 0 Å². The summed E-state index contributed by atoms with van der Waals surface area (Å²) in [6, 6.07) is -0.626. The van der Waals surface area contributed by atoms with Gasteiger partial charge in [0.15, 0.2) is 0 Å².